The van der Waals surface area contributed by atoms with Crippen LogP contribution >= 0.6 is 7.92 Å². The summed E-state index contributed by atoms with van der Waals surface area (Å²) in [5.74, 6) is 0. The van der Waals surface area contributed by atoms with Crippen molar-refractivity contribution in [2.24, 2.45) is 0 Å². The molecule has 0 saturated heterocycles. The van der Waals surface area contributed by atoms with E-state index in [0.29, 0.717) is 0 Å². The maximum absolute atomic E-state index is 2.26. The van der Waals surface area contributed by atoms with E-state index >= 15 is 0 Å². The summed E-state index contributed by atoms with van der Waals surface area (Å²) >= 11 is 0. The van der Waals surface area contributed by atoms with Crippen LogP contribution in [0.3, 0.4) is 0 Å². The molecule has 0 saturated carbocycles. The summed E-state index contributed by atoms with van der Waals surface area (Å²) in [6.07, 6.45) is 3.69. The van der Waals surface area contributed by atoms with Crippen molar-refractivity contribution in [2.45, 2.75) is 18.5 Å². The molecule has 0 aliphatic rings. The normalized spacial score (nSPS) is 10.8. The van der Waals surface area contributed by atoms with Gasteiger partial charge < -0.3 is 0 Å². The van der Waals surface area contributed by atoms with Gasteiger partial charge in [-0.2, -0.15) is 0 Å². The Morgan fingerprint density at radius 3 is 0.955 bits per heavy atom. The molecule has 0 radical (unpaired) electrons. The quantitative estimate of drug-likeness (QED) is 0.505. The summed E-state index contributed by atoms with van der Waals surface area (Å²) in [4.78, 5) is 0. The summed E-state index contributed by atoms with van der Waals surface area (Å²) in [6, 6.07) is 32.8. The van der Waals surface area contributed by atoms with Crippen molar-refractivity contribution in [3.05, 3.63) is 108 Å². The highest BCUT2D eigenvalue weighted by molar-refractivity contribution is 7.55. The third kappa shape index (κ3) is 4.55. The summed E-state index contributed by atoms with van der Waals surface area (Å²) in [6.45, 7) is 0. The van der Waals surface area contributed by atoms with Gasteiger partial charge in [0.15, 0.2) is 0 Å². The fourth-order valence-electron chi connectivity index (χ4n) is 2.84. The molecule has 0 aromatic heterocycles. The van der Waals surface area contributed by atoms with E-state index in [-0.39, 0.29) is 0 Å². The molecule has 1 heteroatoms. The van der Waals surface area contributed by atoms with Crippen molar-refractivity contribution < 1.29 is 0 Å². The summed E-state index contributed by atoms with van der Waals surface area (Å²) in [7, 11) is -0.502. The van der Waals surface area contributed by atoms with E-state index in [1.54, 1.807) is 0 Å². The Hall–Kier alpha value is -1.91. The minimum Gasteiger partial charge on any atom is -0.0622 e. The molecule has 0 aliphatic heterocycles. The van der Waals surface area contributed by atoms with Gasteiger partial charge in [0, 0.05) is 7.92 Å². The van der Waals surface area contributed by atoms with Crippen LogP contribution in [0.15, 0.2) is 91.0 Å². The smallest absolute Gasteiger partial charge is 0.0622 e. The van der Waals surface area contributed by atoms with Crippen LogP contribution in [0, 0.1) is 0 Å². The van der Waals surface area contributed by atoms with Gasteiger partial charge in [0.1, 0.15) is 0 Å². The van der Waals surface area contributed by atoms with Crippen molar-refractivity contribution in [2.75, 3.05) is 0 Å². The topological polar surface area (TPSA) is 0 Å². The molecule has 0 fully saturated rings. The van der Waals surface area contributed by atoms with Gasteiger partial charge in [0.2, 0.25) is 0 Å². The number of hydrogen-bond acceptors (Lipinski definition) is 0. The van der Waals surface area contributed by atoms with E-state index in [4.69, 9.17) is 0 Å². The fourth-order valence-corrected chi connectivity index (χ4v) is 5.66. The molecule has 0 bridgehead atoms. The lowest BCUT2D eigenvalue weighted by molar-refractivity contribution is 1.26. The highest BCUT2D eigenvalue weighted by Crippen LogP contribution is 2.46. The van der Waals surface area contributed by atoms with E-state index in [2.05, 4.69) is 91.0 Å². The van der Waals surface area contributed by atoms with Crippen LogP contribution in [0.5, 0.6) is 0 Å². The monoisotopic (exact) mass is 305 g/mol. The van der Waals surface area contributed by atoms with Crippen LogP contribution in [-0.4, -0.2) is 0 Å². The molecule has 0 amide bonds. The first kappa shape index (κ1) is 15.0. The van der Waals surface area contributed by atoms with E-state index in [0.717, 1.165) is 0 Å². The van der Waals surface area contributed by atoms with Crippen LogP contribution in [0.25, 0.3) is 0 Å². The molecular weight excluding hydrogens is 283 g/mol. The third-order valence-corrected chi connectivity index (χ3v) is 6.62. The van der Waals surface area contributed by atoms with E-state index in [1.807, 2.05) is 0 Å². The van der Waals surface area contributed by atoms with Gasteiger partial charge in [0.05, 0.1) is 18.5 Å². The molecular formula is C21H22P+. The lowest BCUT2D eigenvalue weighted by Gasteiger charge is -2.11. The first-order valence-electron chi connectivity index (χ1n) is 7.85. The van der Waals surface area contributed by atoms with Gasteiger partial charge in [-0.1, -0.05) is 91.0 Å². The lowest BCUT2D eigenvalue weighted by atomic mass is 10.2. The van der Waals surface area contributed by atoms with Gasteiger partial charge in [-0.25, -0.2) is 0 Å². The largest absolute Gasteiger partial charge is 0.0826 e. The maximum atomic E-state index is 2.26. The van der Waals surface area contributed by atoms with Crippen LogP contribution < -0.4 is 0 Å². The van der Waals surface area contributed by atoms with Gasteiger partial charge >= 0.3 is 0 Å². The number of rotatable bonds is 6. The van der Waals surface area contributed by atoms with Crippen LogP contribution in [0.4, 0.5) is 0 Å². The van der Waals surface area contributed by atoms with Crippen LogP contribution in [0.2, 0.25) is 0 Å². The minimum absolute atomic E-state index is 0.502. The van der Waals surface area contributed by atoms with Crippen molar-refractivity contribution in [1.82, 2.24) is 0 Å². The molecule has 22 heavy (non-hydrogen) atoms. The maximum Gasteiger partial charge on any atom is 0.0826 e. The molecule has 0 unspecified atom stereocenters. The fraction of sp³-hybridized carbons (Fsp3) is 0.143. The SMILES string of the molecule is c1ccc(C[PH+](Cc2ccccc2)Cc2ccccc2)cc1. The molecule has 3 aromatic rings. The van der Waals surface area contributed by atoms with E-state index in [1.165, 1.54) is 35.2 Å². The molecule has 0 spiro atoms. The van der Waals surface area contributed by atoms with E-state index in [9.17, 15) is 0 Å². The predicted molar refractivity (Wildman–Crippen MR) is 98.8 cm³/mol. The molecule has 0 atom stereocenters. The summed E-state index contributed by atoms with van der Waals surface area (Å²) in [5.41, 5.74) is 4.43. The Labute approximate surface area is 134 Å². The molecule has 0 aliphatic carbocycles. The van der Waals surface area contributed by atoms with Crippen molar-refractivity contribution in [3.8, 4) is 0 Å². The minimum atomic E-state index is -0.502. The number of benzene rings is 3. The Kier molecular flexibility index (Phi) is 5.40. The zero-order valence-corrected chi connectivity index (χ0v) is 13.8. The van der Waals surface area contributed by atoms with Gasteiger partial charge in [-0.05, 0) is 16.7 Å². The van der Waals surface area contributed by atoms with Gasteiger partial charge in [-0.15, -0.1) is 0 Å². The second kappa shape index (κ2) is 7.92. The first-order chi connectivity index (χ1) is 10.9. The average Bonchev–Trinajstić information content (AvgIpc) is 2.57. The Balaban J connectivity index is 1.75. The molecule has 110 valence electrons. The number of hydrogen-bond donors (Lipinski definition) is 0. The Bertz CT molecular complexity index is 563. The molecule has 3 rings (SSSR count). The standard InChI is InChI=1S/C21H21P/c1-4-10-19(11-5-1)16-22(17-20-12-6-2-7-13-20)18-21-14-8-3-9-15-21/h1-15H,16-18H2/p+1. The van der Waals surface area contributed by atoms with Gasteiger partial charge in [0.25, 0.3) is 0 Å². The predicted octanol–water partition coefficient (Wildman–Crippen LogP) is 5.80. The van der Waals surface area contributed by atoms with Crippen molar-refractivity contribution in [1.29, 1.82) is 0 Å². The summed E-state index contributed by atoms with van der Waals surface area (Å²) in [5, 5.41) is 0. The summed E-state index contributed by atoms with van der Waals surface area (Å²) < 4.78 is 0. The zero-order valence-electron chi connectivity index (χ0n) is 12.8. The van der Waals surface area contributed by atoms with E-state index < -0.39 is 7.92 Å². The zero-order chi connectivity index (χ0) is 15.0. The van der Waals surface area contributed by atoms with Gasteiger partial charge in [-0.3, -0.25) is 0 Å². The van der Waals surface area contributed by atoms with Crippen LogP contribution in [-0.2, 0) is 18.5 Å². The first-order valence-corrected chi connectivity index (χ1v) is 9.97. The average molecular weight is 305 g/mol. The third-order valence-electron chi connectivity index (χ3n) is 3.89. The second-order valence-corrected chi connectivity index (χ2v) is 8.30. The van der Waals surface area contributed by atoms with Crippen molar-refractivity contribution >= 4 is 7.92 Å². The molecule has 0 nitrogen and oxygen atoms in total. The molecule has 0 heterocycles. The van der Waals surface area contributed by atoms with Crippen molar-refractivity contribution in [3.63, 3.8) is 0 Å². The molecule has 0 N–H and O–H groups in total. The lowest BCUT2D eigenvalue weighted by Crippen LogP contribution is -1.93. The second-order valence-electron chi connectivity index (χ2n) is 5.74. The highest BCUT2D eigenvalue weighted by Gasteiger charge is 2.18. The Morgan fingerprint density at radius 1 is 0.409 bits per heavy atom. The Morgan fingerprint density at radius 2 is 0.682 bits per heavy atom. The highest BCUT2D eigenvalue weighted by atomic mass is 31.1. The molecule has 3 aromatic carbocycles. The van der Waals surface area contributed by atoms with Crippen LogP contribution in [0.1, 0.15) is 16.7 Å².